The van der Waals surface area contributed by atoms with Crippen LogP contribution in [-0.2, 0) is 0 Å². The largest absolute Gasteiger partial charge is 0.494 e. The van der Waals surface area contributed by atoms with E-state index in [0.29, 0.717) is 53.6 Å². The molecule has 0 saturated heterocycles. The number of carbonyl (C=O) groups excluding carboxylic acids is 3. The number of carbonyl (C=O) groups is 3. The number of benzene rings is 7. The highest BCUT2D eigenvalue weighted by Crippen LogP contribution is 2.35. The fraction of sp³-hybridized carbons (Fsp3) is 0.516. The number of ether oxygens (including phenoxy) is 3. The second-order valence-corrected chi connectivity index (χ2v) is 28.8. The summed E-state index contributed by atoms with van der Waals surface area (Å²) >= 11 is 0. The molecule has 0 aliphatic rings. The van der Waals surface area contributed by atoms with Crippen LogP contribution in [-0.4, -0.2) is 37.5 Å². The zero-order chi connectivity index (χ0) is 71.5. The Hall–Kier alpha value is -7.65. The van der Waals surface area contributed by atoms with E-state index in [2.05, 4.69) is 54.9 Å². The predicted octanol–water partition coefficient (Wildman–Crippen LogP) is 28.0. The molecule has 0 fully saturated rings. The summed E-state index contributed by atoms with van der Waals surface area (Å²) in [5.41, 5.74) is 9.62. The Morgan fingerprint density at radius 1 is 0.216 bits per heavy atom. The van der Waals surface area contributed by atoms with Gasteiger partial charge in [-0.05, 0) is 180 Å². The molecule has 0 atom stereocenters. The highest BCUT2D eigenvalue weighted by molar-refractivity contribution is 6.06. The Balaban J connectivity index is 0.896. The van der Waals surface area contributed by atoms with Gasteiger partial charge in [-0.3, -0.25) is 14.4 Å². The molecule has 0 aliphatic carbocycles. The van der Waals surface area contributed by atoms with Crippen molar-refractivity contribution in [3.05, 3.63) is 180 Å². The van der Waals surface area contributed by atoms with Crippen molar-refractivity contribution in [3.63, 3.8) is 0 Å². The maximum absolute atomic E-state index is 13.5. The van der Waals surface area contributed by atoms with Gasteiger partial charge in [0.15, 0.2) is 0 Å². The summed E-state index contributed by atoms with van der Waals surface area (Å²) < 4.78 is 18.2. The SMILES string of the molecule is CCCCCCCCCCCCCCCCOc1ccc(C(=O)Nc2ccc(-c3cc(-c4ccc(NC(=O)c5ccc(OCCCCCCCCCCCCCCCC)cc5)cc4)cc(-c4ccc(NC(=O)c5ccc(OCCCCCCCCCCCCCCCC)cc5)cc4)c3)cc2)cc1. The molecule has 0 unspecified atom stereocenters. The summed E-state index contributed by atoms with van der Waals surface area (Å²) in [5.74, 6) is 1.76. The van der Waals surface area contributed by atoms with E-state index in [1.807, 2.05) is 146 Å². The van der Waals surface area contributed by atoms with Crippen molar-refractivity contribution in [2.24, 2.45) is 0 Å². The fourth-order valence-corrected chi connectivity index (χ4v) is 13.5. The number of hydrogen-bond donors (Lipinski definition) is 3. The summed E-state index contributed by atoms with van der Waals surface area (Å²) in [6.45, 7) is 8.87. The Morgan fingerprint density at radius 3 is 0.578 bits per heavy atom. The monoisotopic (exact) mass is 1380 g/mol. The van der Waals surface area contributed by atoms with E-state index in [9.17, 15) is 14.4 Å². The van der Waals surface area contributed by atoms with Gasteiger partial charge in [0, 0.05) is 33.8 Å². The van der Waals surface area contributed by atoms with E-state index in [0.717, 1.165) is 69.9 Å². The maximum Gasteiger partial charge on any atom is 0.255 e. The lowest BCUT2D eigenvalue weighted by Crippen LogP contribution is -2.11. The van der Waals surface area contributed by atoms with Gasteiger partial charge in [0.05, 0.1) is 19.8 Å². The summed E-state index contributed by atoms with van der Waals surface area (Å²) in [6.07, 6.45) is 55.6. The van der Waals surface area contributed by atoms with Crippen LogP contribution in [0.2, 0.25) is 0 Å². The molecule has 7 aromatic rings. The molecule has 0 radical (unpaired) electrons. The quantitative estimate of drug-likeness (QED) is 0.0327. The van der Waals surface area contributed by atoms with E-state index < -0.39 is 0 Å². The first kappa shape index (κ1) is 81.6. The molecule has 3 amide bonds. The van der Waals surface area contributed by atoms with Crippen molar-refractivity contribution < 1.29 is 28.6 Å². The molecular weight excluding hydrogens is 1260 g/mol. The molecule has 0 aliphatic heterocycles. The topological polar surface area (TPSA) is 115 Å². The lowest BCUT2D eigenvalue weighted by atomic mass is 9.93. The molecule has 3 N–H and O–H groups in total. The third-order valence-electron chi connectivity index (χ3n) is 20.0. The Kier molecular flexibility index (Phi) is 41.2. The van der Waals surface area contributed by atoms with E-state index in [1.54, 1.807) is 0 Å². The van der Waals surface area contributed by atoms with Crippen LogP contribution in [0.4, 0.5) is 17.1 Å². The maximum atomic E-state index is 13.5. The molecule has 0 bridgehead atoms. The Bertz CT molecular complexity index is 2960. The molecular formula is C93H129N3O6. The average Bonchev–Trinajstić information content (AvgIpc) is 0.800. The Labute approximate surface area is 617 Å². The average molecular weight is 1390 g/mol. The van der Waals surface area contributed by atoms with Gasteiger partial charge in [-0.25, -0.2) is 0 Å². The first-order valence-corrected chi connectivity index (χ1v) is 40.9. The van der Waals surface area contributed by atoms with Crippen LogP contribution in [0.15, 0.2) is 164 Å². The number of hydrogen-bond acceptors (Lipinski definition) is 6. The van der Waals surface area contributed by atoms with Crippen LogP contribution in [0.25, 0.3) is 33.4 Å². The van der Waals surface area contributed by atoms with E-state index in [1.165, 1.54) is 250 Å². The minimum atomic E-state index is -0.189. The zero-order valence-corrected chi connectivity index (χ0v) is 63.4. The van der Waals surface area contributed by atoms with Crippen molar-refractivity contribution in [2.45, 2.75) is 290 Å². The van der Waals surface area contributed by atoms with Crippen LogP contribution >= 0.6 is 0 Å². The van der Waals surface area contributed by atoms with Gasteiger partial charge >= 0.3 is 0 Å². The third-order valence-corrected chi connectivity index (χ3v) is 20.0. The van der Waals surface area contributed by atoms with Gasteiger partial charge in [-0.1, -0.05) is 308 Å². The van der Waals surface area contributed by atoms with Gasteiger partial charge < -0.3 is 30.2 Å². The Morgan fingerprint density at radius 2 is 0.392 bits per heavy atom. The summed E-state index contributed by atoms with van der Waals surface area (Å²) in [7, 11) is 0. The number of anilines is 3. The molecule has 552 valence electrons. The second-order valence-electron chi connectivity index (χ2n) is 28.8. The molecule has 7 rings (SSSR count). The highest BCUT2D eigenvalue weighted by atomic mass is 16.5. The third kappa shape index (κ3) is 33.6. The summed E-state index contributed by atoms with van der Waals surface area (Å²) in [6, 6.07) is 52.6. The van der Waals surface area contributed by atoms with Gasteiger partial charge in [0.2, 0.25) is 0 Å². The molecule has 9 heteroatoms. The molecule has 0 aromatic heterocycles. The number of unbranched alkanes of at least 4 members (excludes halogenated alkanes) is 39. The highest BCUT2D eigenvalue weighted by Gasteiger charge is 2.14. The second kappa shape index (κ2) is 51.5. The van der Waals surface area contributed by atoms with Gasteiger partial charge in [0.25, 0.3) is 17.7 Å². The standard InChI is InChI=1S/C93H129N3O6/c1-4-7-10-13-16-19-22-25-28-31-34-37-40-43-70-100-88-64-52-79(53-65-88)91(97)94-85-58-46-76(47-59-85)82-73-83(77-48-60-86(61-49-77)95-92(98)80-54-66-89(67-55-80)101-71-44-41-38-35-32-29-26-23-20-17-14-11-8-5-2)75-84(74-82)78-50-62-87(63-51-78)96-93(99)81-56-68-90(69-57-81)102-72-45-42-39-36-33-30-27-24-21-18-15-12-9-6-3/h46-69,73-75H,4-45,70-72H2,1-3H3,(H,94,97)(H,95,98)(H,96,99). The van der Waals surface area contributed by atoms with Crippen LogP contribution < -0.4 is 30.2 Å². The summed E-state index contributed by atoms with van der Waals surface area (Å²) in [4.78, 5) is 40.6. The molecule has 0 heterocycles. The molecule has 9 nitrogen and oxygen atoms in total. The normalized spacial score (nSPS) is 11.2. The van der Waals surface area contributed by atoms with E-state index in [4.69, 9.17) is 14.2 Å². The van der Waals surface area contributed by atoms with Crippen molar-refractivity contribution in [3.8, 4) is 50.6 Å². The molecule has 7 aromatic carbocycles. The van der Waals surface area contributed by atoms with Crippen molar-refractivity contribution in [2.75, 3.05) is 35.8 Å². The number of amides is 3. The molecule has 0 saturated carbocycles. The molecule has 102 heavy (non-hydrogen) atoms. The number of rotatable bonds is 57. The van der Waals surface area contributed by atoms with Crippen LogP contribution in [0.1, 0.15) is 322 Å². The van der Waals surface area contributed by atoms with Crippen molar-refractivity contribution >= 4 is 34.8 Å². The molecule has 0 spiro atoms. The summed E-state index contributed by atoms with van der Waals surface area (Å²) in [5, 5.41) is 9.27. The smallest absolute Gasteiger partial charge is 0.255 e. The van der Waals surface area contributed by atoms with Gasteiger partial charge in [-0.2, -0.15) is 0 Å². The van der Waals surface area contributed by atoms with Crippen molar-refractivity contribution in [1.29, 1.82) is 0 Å². The minimum absolute atomic E-state index is 0.189. The van der Waals surface area contributed by atoms with Gasteiger partial charge in [-0.15, -0.1) is 0 Å². The van der Waals surface area contributed by atoms with Crippen LogP contribution in [0.3, 0.4) is 0 Å². The van der Waals surface area contributed by atoms with Crippen LogP contribution in [0.5, 0.6) is 17.2 Å². The van der Waals surface area contributed by atoms with Crippen LogP contribution in [0, 0.1) is 0 Å². The number of nitrogens with one attached hydrogen (secondary N) is 3. The van der Waals surface area contributed by atoms with Crippen molar-refractivity contribution in [1.82, 2.24) is 0 Å². The fourth-order valence-electron chi connectivity index (χ4n) is 13.5. The first-order valence-electron chi connectivity index (χ1n) is 40.9. The van der Waals surface area contributed by atoms with E-state index in [-0.39, 0.29) is 17.7 Å². The predicted molar refractivity (Wildman–Crippen MR) is 433 cm³/mol. The van der Waals surface area contributed by atoms with Gasteiger partial charge in [0.1, 0.15) is 17.2 Å². The first-order chi connectivity index (χ1) is 50.3. The lowest BCUT2D eigenvalue weighted by Gasteiger charge is -2.13. The lowest BCUT2D eigenvalue weighted by molar-refractivity contribution is 0.101. The zero-order valence-electron chi connectivity index (χ0n) is 63.4. The minimum Gasteiger partial charge on any atom is -0.494 e. The van der Waals surface area contributed by atoms with E-state index >= 15 is 0 Å².